The van der Waals surface area contributed by atoms with E-state index in [-0.39, 0.29) is 41.8 Å². The number of nitrogens with zero attached hydrogens (tertiary/aromatic N) is 5. The molecule has 3 aromatic rings. The summed E-state index contributed by atoms with van der Waals surface area (Å²) < 4.78 is 47.3. The van der Waals surface area contributed by atoms with Crippen LogP contribution in [-0.4, -0.2) is 133 Å². The zero-order chi connectivity index (χ0) is 42.8. The lowest BCUT2D eigenvalue weighted by Gasteiger charge is -2.43. The van der Waals surface area contributed by atoms with E-state index in [4.69, 9.17) is 22.1 Å². The SMILES string of the molecule is CNc1ccccc1CCN(C=O)C1CCN(C(=O)N[C@H](Cc2cc(Cl)c(N)c(C(F)(F)F)c2)C(=O)N2CCC(N3CCN(C(=O)OCc4ccccc4)CC3)CC2)CC1. The second kappa shape index (κ2) is 20.4. The predicted octanol–water partition coefficient (Wildman–Crippen LogP) is 5.71. The third kappa shape index (κ3) is 11.3. The van der Waals surface area contributed by atoms with E-state index in [0.29, 0.717) is 91.0 Å². The summed E-state index contributed by atoms with van der Waals surface area (Å²) in [5, 5.41) is 5.72. The van der Waals surface area contributed by atoms with Crippen LogP contribution in [0.4, 0.5) is 34.1 Å². The van der Waals surface area contributed by atoms with Crippen molar-refractivity contribution in [2.45, 2.75) is 69.4 Å². The van der Waals surface area contributed by atoms with E-state index in [2.05, 4.69) is 15.5 Å². The molecule has 0 bridgehead atoms. The minimum atomic E-state index is -4.78. The fourth-order valence-corrected chi connectivity index (χ4v) is 8.65. The van der Waals surface area contributed by atoms with Crippen LogP contribution in [0.5, 0.6) is 0 Å². The van der Waals surface area contributed by atoms with E-state index in [1.54, 1.807) is 19.6 Å². The van der Waals surface area contributed by atoms with Gasteiger partial charge in [0.1, 0.15) is 12.6 Å². The lowest BCUT2D eigenvalue weighted by molar-refractivity contribution is -0.137. The number of rotatable bonds is 13. The van der Waals surface area contributed by atoms with Gasteiger partial charge in [-0.2, -0.15) is 13.2 Å². The van der Waals surface area contributed by atoms with E-state index < -0.39 is 35.4 Å². The van der Waals surface area contributed by atoms with Gasteiger partial charge < -0.3 is 40.7 Å². The van der Waals surface area contributed by atoms with Gasteiger partial charge in [-0.1, -0.05) is 60.1 Å². The Kier molecular flexibility index (Phi) is 15.0. The summed E-state index contributed by atoms with van der Waals surface area (Å²) in [5.74, 6) is -0.404. The van der Waals surface area contributed by atoms with Gasteiger partial charge in [-0.05, 0) is 67.0 Å². The number of halogens is 4. The average molecular weight is 855 g/mol. The molecule has 3 saturated heterocycles. The van der Waals surface area contributed by atoms with Gasteiger partial charge in [0, 0.05) is 90.1 Å². The van der Waals surface area contributed by atoms with Crippen LogP contribution in [0, 0.1) is 0 Å². The number of carbonyl (C=O) groups is 4. The fraction of sp³-hybridized carbons (Fsp3) is 0.488. The largest absolute Gasteiger partial charge is 0.445 e. The highest BCUT2D eigenvalue weighted by molar-refractivity contribution is 6.33. The summed E-state index contributed by atoms with van der Waals surface area (Å²) in [6.07, 6.45) is -1.52. The smallest absolute Gasteiger partial charge is 0.418 e. The van der Waals surface area contributed by atoms with Crippen LogP contribution in [0.25, 0.3) is 0 Å². The molecule has 324 valence electrons. The Labute approximate surface area is 353 Å². The molecule has 0 saturated carbocycles. The van der Waals surface area contributed by atoms with Gasteiger partial charge >= 0.3 is 18.3 Å². The topological polar surface area (TPSA) is 144 Å². The molecule has 3 fully saturated rings. The minimum Gasteiger partial charge on any atom is -0.445 e. The molecule has 0 aliphatic carbocycles. The van der Waals surface area contributed by atoms with Crippen molar-refractivity contribution in [3.63, 3.8) is 0 Å². The number of carbonyl (C=O) groups excluding carboxylic acids is 4. The van der Waals surface area contributed by atoms with Crippen molar-refractivity contribution < 1.29 is 37.1 Å². The first-order valence-electron chi connectivity index (χ1n) is 20.5. The summed E-state index contributed by atoms with van der Waals surface area (Å²) in [4.78, 5) is 61.9. The summed E-state index contributed by atoms with van der Waals surface area (Å²) >= 11 is 6.16. The Bertz CT molecular complexity index is 1940. The maximum atomic E-state index is 14.2. The zero-order valence-electron chi connectivity index (χ0n) is 33.8. The highest BCUT2D eigenvalue weighted by Crippen LogP contribution is 2.38. The van der Waals surface area contributed by atoms with Gasteiger partial charge in [-0.25, -0.2) is 9.59 Å². The van der Waals surface area contributed by atoms with Crippen molar-refractivity contribution in [2.24, 2.45) is 0 Å². The third-order valence-corrected chi connectivity index (χ3v) is 12.2. The molecule has 17 heteroatoms. The van der Waals surface area contributed by atoms with Crippen molar-refractivity contribution in [3.05, 3.63) is 94.0 Å². The van der Waals surface area contributed by atoms with Gasteiger partial charge in [0.25, 0.3) is 0 Å². The molecule has 1 atom stereocenters. The number of nitrogens with one attached hydrogen (secondary N) is 2. The third-order valence-electron chi connectivity index (χ3n) is 11.9. The number of hydrogen-bond donors (Lipinski definition) is 3. The molecular formula is C43H54ClF3N8O5. The van der Waals surface area contributed by atoms with Gasteiger partial charge in [-0.3, -0.25) is 14.5 Å². The molecule has 3 aliphatic rings. The van der Waals surface area contributed by atoms with Crippen LogP contribution in [-0.2, 0) is 40.0 Å². The lowest BCUT2D eigenvalue weighted by atomic mass is 9.98. The molecule has 0 spiro atoms. The quantitative estimate of drug-likeness (QED) is 0.147. The maximum absolute atomic E-state index is 14.2. The second-order valence-electron chi connectivity index (χ2n) is 15.6. The van der Waals surface area contributed by atoms with Gasteiger partial charge in [-0.15, -0.1) is 0 Å². The number of para-hydroxylation sites is 1. The molecule has 0 unspecified atom stereocenters. The number of likely N-dealkylation sites (tertiary alicyclic amines) is 2. The van der Waals surface area contributed by atoms with Crippen molar-refractivity contribution >= 4 is 47.4 Å². The van der Waals surface area contributed by atoms with Crippen molar-refractivity contribution in [2.75, 3.05) is 77.0 Å². The van der Waals surface area contributed by atoms with Crippen LogP contribution < -0.4 is 16.4 Å². The Morgan fingerprint density at radius 1 is 0.883 bits per heavy atom. The zero-order valence-corrected chi connectivity index (χ0v) is 34.6. The number of anilines is 2. The average Bonchev–Trinajstić information content (AvgIpc) is 3.26. The van der Waals surface area contributed by atoms with Crippen molar-refractivity contribution in [1.29, 1.82) is 0 Å². The van der Waals surface area contributed by atoms with E-state index in [0.717, 1.165) is 29.3 Å². The molecule has 13 nitrogen and oxygen atoms in total. The summed E-state index contributed by atoms with van der Waals surface area (Å²) in [7, 11) is 1.85. The predicted molar refractivity (Wildman–Crippen MR) is 223 cm³/mol. The standard InChI is InChI=1S/C43H54ClF3N8O5/c1-49-37-10-6-5-9-32(37)11-16-55(29-56)34-14-19-53(20-15-34)41(58)50-38(27-31-25-35(43(45,46)47)39(48)36(44)26-31)40(57)52-17-12-33(13-18-52)51-21-23-54(24-22-51)42(59)60-28-30-7-3-2-4-8-30/h2-10,25-26,29,33-34,38,49H,11-24,27-28,48H2,1H3,(H,50,58)/t38-/m1/s1. The number of alkyl halides is 3. The van der Waals surface area contributed by atoms with Crippen LogP contribution in [0.15, 0.2) is 66.7 Å². The molecule has 3 heterocycles. The van der Waals surface area contributed by atoms with Gasteiger partial charge in [0.05, 0.1) is 16.3 Å². The highest BCUT2D eigenvalue weighted by Gasteiger charge is 2.37. The Morgan fingerprint density at radius 3 is 2.18 bits per heavy atom. The van der Waals surface area contributed by atoms with E-state index in [1.165, 1.54) is 6.07 Å². The maximum Gasteiger partial charge on any atom is 0.418 e. The molecule has 3 aromatic carbocycles. The number of hydrogen-bond acceptors (Lipinski definition) is 8. The first-order valence-corrected chi connectivity index (χ1v) is 20.9. The number of amides is 5. The van der Waals surface area contributed by atoms with Crippen LogP contribution in [0.3, 0.4) is 0 Å². The van der Waals surface area contributed by atoms with Crippen molar-refractivity contribution in [3.8, 4) is 0 Å². The van der Waals surface area contributed by atoms with E-state index >= 15 is 0 Å². The fourth-order valence-electron chi connectivity index (χ4n) is 8.41. The number of piperazine rings is 1. The molecule has 0 radical (unpaired) electrons. The first kappa shape index (κ1) is 44.3. The minimum absolute atomic E-state index is 0.0823. The summed E-state index contributed by atoms with van der Waals surface area (Å²) in [5.41, 5.74) is 7.09. The van der Waals surface area contributed by atoms with Crippen LogP contribution in [0.2, 0.25) is 5.02 Å². The Balaban J connectivity index is 1.05. The Morgan fingerprint density at radius 2 is 1.53 bits per heavy atom. The summed E-state index contributed by atoms with van der Waals surface area (Å²) in [6.45, 7) is 4.47. The molecule has 6 rings (SSSR count). The summed E-state index contributed by atoms with van der Waals surface area (Å²) in [6, 6.07) is 18.0. The number of ether oxygens (including phenoxy) is 1. The number of piperidine rings is 2. The number of nitrogen functional groups attached to an aromatic ring is 1. The molecular weight excluding hydrogens is 801 g/mol. The number of benzene rings is 3. The van der Waals surface area contributed by atoms with Crippen LogP contribution >= 0.6 is 11.6 Å². The normalized spacial score (nSPS) is 17.5. The monoisotopic (exact) mass is 854 g/mol. The second-order valence-corrected chi connectivity index (χ2v) is 16.0. The van der Waals surface area contributed by atoms with Gasteiger partial charge in [0.2, 0.25) is 12.3 Å². The van der Waals surface area contributed by atoms with Crippen molar-refractivity contribution in [1.82, 2.24) is 29.8 Å². The highest BCUT2D eigenvalue weighted by atomic mass is 35.5. The molecule has 5 amide bonds. The lowest BCUT2D eigenvalue weighted by Crippen LogP contribution is -2.58. The Hall–Kier alpha value is -5.22. The number of urea groups is 1. The first-order chi connectivity index (χ1) is 28.8. The van der Waals surface area contributed by atoms with Crippen LogP contribution in [0.1, 0.15) is 47.9 Å². The number of nitrogens with two attached hydrogens (primary N) is 1. The van der Waals surface area contributed by atoms with E-state index in [1.807, 2.05) is 61.6 Å². The van der Waals surface area contributed by atoms with Gasteiger partial charge in [0.15, 0.2) is 0 Å². The molecule has 3 aliphatic heterocycles. The molecule has 4 N–H and O–H groups in total. The molecule has 60 heavy (non-hydrogen) atoms. The molecule has 0 aromatic heterocycles. The van der Waals surface area contributed by atoms with E-state index in [9.17, 15) is 32.3 Å².